The van der Waals surface area contributed by atoms with Gasteiger partial charge in [0, 0.05) is 18.9 Å². The van der Waals surface area contributed by atoms with Gasteiger partial charge in [0.25, 0.3) is 5.69 Å². The Morgan fingerprint density at radius 1 is 1.52 bits per heavy atom. The number of hydrogen-bond donors (Lipinski definition) is 2. The molecule has 0 unspecified atom stereocenters. The van der Waals surface area contributed by atoms with Crippen molar-refractivity contribution in [2.24, 2.45) is 7.05 Å². The Balaban J connectivity index is 2.32. The van der Waals surface area contributed by atoms with Crippen molar-refractivity contribution in [2.75, 3.05) is 5.73 Å². The summed E-state index contributed by atoms with van der Waals surface area (Å²) in [6, 6.07) is 4.15. The Bertz CT molecular complexity index is 715. The van der Waals surface area contributed by atoms with Crippen LogP contribution in [-0.2, 0) is 12.8 Å². The lowest BCUT2D eigenvalue weighted by Gasteiger charge is -2.06. The van der Waals surface area contributed by atoms with Crippen molar-refractivity contribution in [3.63, 3.8) is 0 Å². The molecule has 0 radical (unpaired) electrons. The zero-order valence-corrected chi connectivity index (χ0v) is 11.7. The molecule has 0 aliphatic carbocycles. The summed E-state index contributed by atoms with van der Waals surface area (Å²) in [6.07, 6.45) is 0. The van der Waals surface area contributed by atoms with Crippen molar-refractivity contribution in [1.29, 1.82) is 0 Å². The lowest BCUT2D eigenvalue weighted by atomic mass is 10.1. The van der Waals surface area contributed by atoms with E-state index in [2.05, 4.69) is 10.2 Å². The number of rotatable bonds is 5. The maximum absolute atomic E-state index is 11.3. The van der Waals surface area contributed by atoms with E-state index in [1.54, 1.807) is 11.6 Å². The van der Waals surface area contributed by atoms with Gasteiger partial charge in [-0.15, -0.1) is 10.2 Å². The summed E-state index contributed by atoms with van der Waals surface area (Å²) in [7, 11) is 1.67. The van der Waals surface area contributed by atoms with E-state index >= 15 is 0 Å². The molecule has 0 aliphatic heterocycles. The van der Waals surface area contributed by atoms with Crippen molar-refractivity contribution in [3.8, 4) is 0 Å². The minimum absolute atomic E-state index is 0.204. The number of aromatic nitrogens is 3. The van der Waals surface area contributed by atoms with E-state index in [9.17, 15) is 20.0 Å². The van der Waals surface area contributed by atoms with Gasteiger partial charge in [-0.2, -0.15) is 0 Å². The van der Waals surface area contributed by atoms with Crippen LogP contribution in [0.2, 0.25) is 0 Å². The third-order valence-corrected chi connectivity index (χ3v) is 3.83. The number of carboxylic acids is 1. The Kier molecular flexibility index (Phi) is 4.08. The number of nitrogens with two attached hydrogens (primary N) is 1. The fourth-order valence-corrected chi connectivity index (χ4v) is 2.61. The van der Waals surface area contributed by atoms with E-state index in [1.807, 2.05) is 0 Å². The average molecular weight is 309 g/mol. The van der Waals surface area contributed by atoms with Gasteiger partial charge in [-0.3, -0.25) is 14.7 Å². The van der Waals surface area contributed by atoms with Crippen LogP contribution in [0.25, 0.3) is 0 Å². The predicted molar refractivity (Wildman–Crippen MR) is 75.0 cm³/mol. The van der Waals surface area contributed by atoms with Crippen LogP contribution in [0.3, 0.4) is 0 Å². The maximum atomic E-state index is 11.3. The van der Waals surface area contributed by atoms with Gasteiger partial charge in [0.15, 0.2) is 5.16 Å². The van der Waals surface area contributed by atoms with E-state index in [-0.39, 0.29) is 17.3 Å². The average Bonchev–Trinajstić information content (AvgIpc) is 2.75. The first-order chi connectivity index (χ1) is 9.91. The minimum atomic E-state index is -1.34. The predicted octanol–water partition coefficient (Wildman–Crippen LogP) is 1.30. The van der Waals surface area contributed by atoms with Gasteiger partial charge in [0.05, 0.1) is 4.92 Å². The van der Waals surface area contributed by atoms with Crippen molar-refractivity contribution < 1.29 is 14.8 Å². The summed E-state index contributed by atoms with van der Waals surface area (Å²) in [4.78, 5) is 21.5. The number of anilines is 1. The molecule has 0 fully saturated rings. The molecule has 1 aromatic heterocycles. The second-order valence-corrected chi connectivity index (χ2v) is 5.00. The van der Waals surface area contributed by atoms with E-state index in [0.717, 1.165) is 6.07 Å². The van der Waals surface area contributed by atoms with E-state index < -0.39 is 16.6 Å². The highest BCUT2D eigenvalue weighted by Crippen LogP contribution is 2.28. The SMILES string of the molecule is Cn1c(N)nnc1SCc1cccc([N+](=O)[O-])c1C(=O)O. The van der Waals surface area contributed by atoms with Crippen molar-refractivity contribution in [2.45, 2.75) is 10.9 Å². The number of carbonyl (C=O) groups is 1. The highest BCUT2D eigenvalue weighted by molar-refractivity contribution is 7.98. The molecule has 9 nitrogen and oxygen atoms in total. The van der Waals surface area contributed by atoms with Crippen molar-refractivity contribution in [3.05, 3.63) is 39.4 Å². The molecular weight excluding hydrogens is 298 g/mol. The summed E-state index contributed by atoms with van der Waals surface area (Å²) in [5.74, 6) is -0.902. The number of benzene rings is 1. The van der Waals surface area contributed by atoms with Gasteiger partial charge in [0.1, 0.15) is 5.56 Å². The molecule has 0 saturated heterocycles. The summed E-state index contributed by atoms with van der Waals surface area (Å²) in [5.41, 5.74) is 5.13. The quantitative estimate of drug-likeness (QED) is 0.479. The largest absolute Gasteiger partial charge is 0.477 e. The smallest absolute Gasteiger partial charge is 0.343 e. The maximum Gasteiger partial charge on any atom is 0.343 e. The number of thioether (sulfide) groups is 1. The van der Waals surface area contributed by atoms with Crippen LogP contribution in [0.4, 0.5) is 11.6 Å². The summed E-state index contributed by atoms with van der Waals surface area (Å²) in [6.45, 7) is 0. The fourth-order valence-electron chi connectivity index (χ4n) is 1.70. The normalized spacial score (nSPS) is 10.5. The highest BCUT2D eigenvalue weighted by Gasteiger charge is 2.23. The van der Waals surface area contributed by atoms with E-state index in [0.29, 0.717) is 10.7 Å². The second kappa shape index (κ2) is 5.79. The monoisotopic (exact) mass is 309 g/mol. The number of nitrogens with zero attached hydrogens (tertiary/aromatic N) is 4. The van der Waals surface area contributed by atoms with Gasteiger partial charge < -0.3 is 10.8 Å². The van der Waals surface area contributed by atoms with Crippen LogP contribution in [0, 0.1) is 10.1 Å². The summed E-state index contributed by atoms with van der Waals surface area (Å²) in [5, 5.41) is 28.1. The number of hydrogen-bond acceptors (Lipinski definition) is 7. The molecule has 0 spiro atoms. The molecule has 1 heterocycles. The Hall–Kier alpha value is -2.62. The zero-order chi connectivity index (χ0) is 15.6. The lowest BCUT2D eigenvalue weighted by Crippen LogP contribution is -2.06. The fraction of sp³-hybridized carbons (Fsp3) is 0.182. The third-order valence-electron chi connectivity index (χ3n) is 2.76. The summed E-state index contributed by atoms with van der Waals surface area (Å²) >= 11 is 1.20. The van der Waals surface area contributed by atoms with Crippen LogP contribution < -0.4 is 5.73 Å². The molecule has 0 aliphatic rings. The topological polar surface area (TPSA) is 137 Å². The zero-order valence-electron chi connectivity index (χ0n) is 10.9. The Morgan fingerprint density at radius 3 is 2.76 bits per heavy atom. The lowest BCUT2D eigenvalue weighted by molar-refractivity contribution is -0.385. The van der Waals surface area contributed by atoms with Crippen LogP contribution in [0.15, 0.2) is 23.4 Å². The molecule has 110 valence electrons. The third kappa shape index (κ3) is 2.94. The molecule has 1 aromatic carbocycles. The van der Waals surface area contributed by atoms with Crippen molar-refractivity contribution >= 4 is 29.4 Å². The summed E-state index contributed by atoms with van der Waals surface area (Å²) < 4.78 is 1.54. The number of nitro benzene ring substituents is 1. The van der Waals surface area contributed by atoms with Crippen LogP contribution >= 0.6 is 11.8 Å². The molecule has 0 bridgehead atoms. The molecule has 0 saturated carbocycles. The van der Waals surface area contributed by atoms with Gasteiger partial charge in [-0.25, -0.2) is 4.79 Å². The van der Waals surface area contributed by atoms with Gasteiger partial charge in [0.2, 0.25) is 5.95 Å². The molecule has 2 rings (SSSR count). The number of nitro groups is 1. The molecule has 3 N–H and O–H groups in total. The van der Waals surface area contributed by atoms with Crippen LogP contribution in [0.1, 0.15) is 15.9 Å². The van der Waals surface area contributed by atoms with Gasteiger partial charge in [-0.05, 0) is 5.56 Å². The second-order valence-electron chi connectivity index (χ2n) is 4.06. The first-order valence-corrected chi connectivity index (χ1v) is 6.67. The van der Waals surface area contributed by atoms with Crippen LogP contribution in [-0.4, -0.2) is 30.8 Å². The van der Waals surface area contributed by atoms with Crippen molar-refractivity contribution in [1.82, 2.24) is 14.8 Å². The first-order valence-electron chi connectivity index (χ1n) is 5.69. The van der Waals surface area contributed by atoms with Gasteiger partial charge >= 0.3 is 5.97 Å². The first kappa shape index (κ1) is 14.8. The molecular formula is C11H11N5O4S. The molecule has 21 heavy (non-hydrogen) atoms. The molecule has 0 atom stereocenters. The van der Waals surface area contributed by atoms with Gasteiger partial charge in [-0.1, -0.05) is 23.9 Å². The van der Waals surface area contributed by atoms with Crippen LogP contribution in [0.5, 0.6) is 0 Å². The number of carboxylic acid groups (broad SMARTS) is 1. The Labute approximate surface area is 122 Å². The minimum Gasteiger partial charge on any atom is -0.477 e. The standard InChI is InChI=1S/C11H11N5O4S/c1-15-10(12)13-14-11(15)21-5-6-3-2-4-7(16(19)20)8(6)9(17)18/h2-4H,5H2,1H3,(H2,12,13)(H,17,18). The molecule has 0 amide bonds. The highest BCUT2D eigenvalue weighted by atomic mass is 32.2. The van der Waals surface area contributed by atoms with E-state index in [4.69, 9.17) is 5.73 Å². The molecule has 10 heteroatoms. The molecule has 2 aromatic rings. The van der Waals surface area contributed by atoms with E-state index in [1.165, 1.54) is 23.9 Å². The number of aromatic carboxylic acids is 1. The number of nitrogen functional groups attached to an aromatic ring is 1. The Morgan fingerprint density at radius 2 is 2.24 bits per heavy atom.